The van der Waals surface area contributed by atoms with Gasteiger partial charge < -0.3 is 4.74 Å². The van der Waals surface area contributed by atoms with Crippen molar-refractivity contribution in [1.82, 2.24) is 4.90 Å². The van der Waals surface area contributed by atoms with Crippen LogP contribution in [-0.2, 0) is 0 Å². The SMILES string of the molecule is CCC1CSC(=Nc2ccc(OC)cc2)N1C(=O)c1ccc(Br)s1. The Morgan fingerprint density at radius 2 is 2.08 bits per heavy atom. The molecule has 0 saturated carbocycles. The highest BCUT2D eigenvalue weighted by molar-refractivity contribution is 9.11. The van der Waals surface area contributed by atoms with Gasteiger partial charge in [0.15, 0.2) is 5.17 Å². The predicted octanol–water partition coefficient (Wildman–Crippen LogP) is 5.17. The third kappa shape index (κ3) is 3.68. The molecule has 1 aliphatic heterocycles. The Balaban J connectivity index is 1.90. The van der Waals surface area contributed by atoms with Gasteiger partial charge in [-0.05, 0) is 58.7 Å². The van der Waals surface area contributed by atoms with Crippen LogP contribution in [0.15, 0.2) is 45.2 Å². The zero-order chi connectivity index (χ0) is 17.1. The molecular formula is C17H17BrN2O2S2. The van der Waals surface area contributed by atoms with Crippen molar-refractivity contribution in [3.8, 4) is 5.75 Å². The van der Waals surface area contributed by atoms with E-state index in [4.69, 9.17) is 4.74 Å². The molecule has 2 aromatic rings. The number of thiophene rings is 1. The van der Waals surface area contributed by atoms with Gasteiger partial charge in [-0.25, -0.2) is 4.99 Å². The molecule has 1 amide bonds. The fraction of sp³-hybridized carbons (Fsp3) is 0.294. The summed E-state index contributed by atoms with van der Waals surface area (Å²) in [7, 11) is 1.64. The second kappa shape index (κ2) is 7.72. The zero-order valence-electron chi connectivity index (χ0n) is 13.4. The highest BCUT2D eigenvalue weighted by Gasteiger charge is 2.35. The van der Waals surface area contributed by atoms with E-state index in [-0.39, 0.29) is 11.9 Å². The molecule has 0 bridgehead atoms. The maximum Gasteiger partial charge on any atom is 0.270 e. The molecule has 126 valence electrons. The molecule has 1 saturated heterocycles. The number of aliphatic imine (C=N–C) groups is 1. The molecule has 0 aliphatic carbocycles. The quantitative estimate of drug-likeness (QED) is 0.679. The third-order valence-electron chi connectivity index (χ3n) is 3.75. The van der Waals surface area contributed by atoms with E-state index in [1.807, 2.05) is 41.3 Å². The van der Waals surface area contributed by atoms with Gasteiger partial charge in [-0.1, -0.05) is 18.7 Å². The van der Waals surface area contributed by atoms with Crippen LogP contribution in [-0.4, -0.2) is 34.9 Å². The first-order valence-electron chi connectivity index (χ1n) is 7.56. The smallest absolute Gasteiger partial charge is 0.270 e. The molecule has 0 N–H and O–H groups in total. The molecule has 1 atom stereocenters. The van der Waals surface area contributed by atoms with E-state index in [2.05, 4.69) is 27.8 Å². The molecule has 24 heavy (non-hydrogen) atoms. The molecule has 7 heteroatoms. The number of rotatable bonds is 4. The summed E-state index contributed by atoms with van der Waals surface area (Å²) >= 11 is 6.51. The number of halogens is 1. The molecule has 1 aliphatic rings. The lowest BCUT2D eigenvalue weighted by Gasteiger charge is -2.22. The summed E-state index contributed by atoms with van der Waals surface area (Å²) in [6, 6.07) is 11.5. The Morgan fingerprint density at radius 1 is 1.33 bits per heavy atom. The molecular weight excluding hydrogens is 408 g/mol. The fourth-order valence-electron chi connectivity index (χ4n) is 2.43. The number of ether oxygens (including phenoxy) is 1. The topological polar surface area (TPSA) is 41.9 Å². The molecule has 1 aromatic heterocycles. The normalized spacial score (nSPS) is 19.0. The third-order valence-corrected chi connectivity index (χ3v) is 6.46. The molecule has 0 spiro atoms. The second-order valence-corrected chi connectivity index (χ2v) is 8.69. The average molecular weight is 425 g/mol. The van der Waals surface area contributed by atoms with Gasteiger partial charge in [0, 0.05) is 11.8 Å². The Bertz CT molecular complexity index is 758. The van der Waals surface area contributed by atoms with E-state index in [1.54, 1.807) is 18.9 Å². The second-order valence-electron chi connectivity index (χ2n) is 5.24. The van der Waals surface area contributed by atoms with Crippen LogP contribution in [0.3, 0.4) is 0 Å². The molecule has 3 rings (SSSR count). The molecule has 0 radical (unpaired) electrons. The number of amides is 1. The Labute approximate surface area is 158 Å². The summed E-state index contributed by atoms with van der Waals surface area (Å²) in [5, 5.41) is 0.765. The largest absolute Gasteiger partial charge is 0.497 e. The van der Waals surface area contributed by atoms with E-state index in [0.717, 1.165) is 37.4 Å². The van der Waals surface area contributed by atoms with Gasteiger partial charge in [0.1, 0.15) is 5.75 Å². The van der Waals surface area contributed by atoms with Crippen molar-refractivity contribution in [2.24, 2.45) is 4.99 Å². The number of hydrogen-bond acceptors (Lipinski definition) is 5. The van der Waals surface area contributed by atoms with Gasteiger partial charge in [0.25, 0.3) is 5.91 Å². The minimum atomic E-state index is 0.0230. The lowest BCUT2D eigenvalue weighted by molar-refractivity contribution is 0.0824. The average Bonchev–Trinajstić information content (AvgIpc) is 3.21. The molecule has 2 heterocycles. The first-order valence-corrected chi connectivity index (χ1v) is 10.2. The number of carbonyl (C=O) groups excluding carboxylic acids is 1. The maximum absolute atomic E-state index is 12.9. The number of benzene rings is 1. The predicted molar refractivity (Wildman–Crippen MR) is 105 cm³/mol. The van der Waals surface area contributed by atoms with Crippen LogP contribution in [0.4, 0.5) is 5.69 Å². The molecule has 1 aromatic carbocycles. The van der Waals surface area contributed by atoms with Crippen LogP contribution in [0.25, 0.3) is 0 Å². The lowest BCUT2D eigenvalue weighted by atomic mass is 10.2. The highest BCUT2D eigenvalue weighted by Crippen LogP contribution is 2.32. The van der Waals surface area contributed by atoms with Gasteiger partial charge in [-0.15, -0.1) is 11.3 Å². The first kappa shape index (κ1) is 17.5. The van der Waals surface area contributed by atoms with Gasteiger partial charge >= 0.3 is 0 Å². The van der Waals surface area contributed by atoms with E-state index in [9.17, 15) is 4.79 Å². The Morgan fingerprint density at radius 3 is 2.67 bits per heavy atom. The van der Waals surface area contributed by atoms with Crippen LogP contribution in [0.2, 0.25) is 0 Å². The Hall–Kier alpha value is -1.31. The van der Waals surface area contributed by atoms with Crippen LogP contribution >= 0.6 is 39.0 Å². The summed E-state index contributed by atoms with van der Waals surface area (Å²) in [4.78, 5) is 20.2. The van der Waals surface area contributed by atoms with Gasteiger partial charge in [0.05, 0.1) is 21.5 Å². The van der Waals surface area contributed by atoms with E-state index in [0.29, 0.717) is 0 Å². The summed E-state index contributed by atoms with van der Waals surface area (Å²) in [5.74, 6) is 1.69. The number of thioether (sulfide) groups is 1. The number of carbonyl (C=O) groups is 1. The number of methoxy groups -OCH3 is 1. The van der Waals surface area contributed by atoms with E-state index >= 15 is 0 Å². The van der Waals surface area contributed by atoms with Crippen molar-refractivity contribution < 1.29 is 9.53 Å². The lowest BCUT2D eigenvalue weighted by Crippen LogP contribution is -2.38. The fourth-order valence-corrected chi connectivity index (χ4v) is 5.02. The summed E-state index contributed by atoms with van der Waals surface area (Å²) < 4.78 is 6.13. The Kier molecular flexibility index (Phi) is 5.63. The van der Waals surface area contributed by atoms with Crippen molar-refractivity contribution in [3.63, 3.8) is 0 Å². The van der Waals surface area contributed by atoms with Crippen LogP contribution in [0, 0.1) is 0 Å². The van der Waals surface area contributed by atoms with Crippen LogP contribution in [0.1, 0.15) is 23.0 Å². The van der Waals surface area contributed by atoms with Crippen LogP contribution in [0.5, 0.6) is 5.75 Å². The summed E-state index contributed by atoms with van der Waals surface area (Å²) in [6.07, 6.45) is 0.910. The zero-order valence-corrected chi connectivity index (χ0v) is 16.6. The van der Waals surface area contributed by atoms with Gasteiger partial charge in [-0.2, -0.15) is 0 Å². The monoisotopic (exact) mass is 424 g/mol. The first-order chi connectivity index (χ1) is 11.6. The standard InChI is InChI=1S/C17H17BrN2O2S2/c1-3-12-10-23-17(19-11-4-6-13(22-2)7-5-11)20(12)16(21)14-8-9-15(18)24-14/h4-9,12H,3,10H2,1-2H3. The maximum atomic E-state index is 12.9. The van der Waals surface area contributed by atoms with Crippen molar-refractivity contribution in [3.05, 3.63) is 45.1 Å². The molecule has 4 nitrogen and oxygen atoms in total. The van der Waals surface area contributed by atoms with Crippen molar-refractivity contribution in [2.75, 3.05) is 12.9 Å². The minimum absolute atomic E-state index is 0.0230. The highest BCUT2D eigenvalue weighted by atomic mass is 79.9. The summed E-state index contributed by atoms with van der Waals surface area (Å²) in [5.41, 5.74) is 0.820. The number of amidine groups is 1. The van der Waals surface area contributed by atoms with E-state index < -0.39 is 0 Å². The molecule has 1 fully saturated rings. The van der Waals surface area contributed by atoms with Crippen molar-refractivity contribution in [1.29, 1.82) is 0 Å². The number of nitrogens with zero attached hydrogens (tertiary/aromatic N) is 2. The minimum Gasteiger partial charge on any atom is -0.497 e. The van der Waals surface area contributed by atoms with Crippen LogP contribution < -0.4 is 4.74 Å². The van der Waals surface area contributed by atoms with Gasteiger partial charge in [-0.3, -0.25) is 9.69 Å². The number of hydrogen-bond donors (Lipinski definition) is 0. The van der Waals surface area contributed by atoms with E-state index in [1.165, 1.54) is 11.3 Å². The molecule has 1 unspecified atom stereocenters. The summed E-state index contributed by atoms with van der Waals surface area (Å²) in [6.45, 7) is 2.10. The van der Waals surface area contributed by atoms with Gasteiger partial charge in [0.2, 0.25) is 0 Å². The van der Waals surface area contributed by atoms with Crippen molar-refractivity contribution in [2.45, 2.75) is 19.4 Å². The van der Waals surface area contributed by atoms with Crippen molar-refractivity contribution >= 4 is 55.8 Å².